The van der Waals surface area contributed by atoms with E-state index in [0.717, 1.165) is 19.6 Å². The Kier molecular flexibility index (Phi) is 3.43. The molecular formula is C13H22N4. The van der Waals surface area contributed by atoms with E-state index in [2.05, 4.69) is 29.8 Å². The molecule has 1 atom stereocenters. The van der Waals surface area contributed by atoms with Crippen molar-refractivity contribution in [2.24, 2.45) is 0 Å². The molecule has 0 aliphatic carbocycles. The molecular weight excluding hydrogens is 212 g/mol. The van der Waals surface area contributed by atoms with Gasteiger partial charge in [0.1, 0.15) is 0 Å². The highest BCUT2D eigenvalue weighted by atomic mass is 15.2. The molecule has 1 heterocycles. The van der Waals surface area contributed by atoms with Gasteiger partial charge in [-0.3, -0.25) is 0 Å². The van der Waals surface area contributed by atoms with Crippen LogP contribution in [0.25, 0.3) is 0 Å². The fourth-order valence-electron chi connectivity index (χ4n) is 2.50. The number of nitrogens with zero attached hydrogens (tertiary/aromatic N) is 2. The molecule has 0 radical (unpaired) electrons. The van der Waals surface area contributed by atoms with E-state index in [0.29, 0.717) is 17.4 Å². The highest BCUT2D eigenvalue weighted by Crippen LogP contribution is 2.25. The molecule has 0 amide bonds. The van der Waals surface area contributed by atoms with Crippen molar-refractivity contribution in [1.82, 2.24) is 4.90 Å². The lowest BCUT2D eigenvalue weighted by Gasteiger charge is -2.30. The van der Waals surface area contributed by atoms with E-state index in [4.69, 9.17) is 11.5 Å². The Morgan fingerprint density at radius 3 is 2.65 bits per heavy atom. The summed E-state index contributed by atoms with van der Waals surface area (Å²) in [5.74, 6) is 0. The van der Waals surface area contributed by atoms with Gasteiger partial charge in [0.05, 0.1) is 11.4 Å². The van der Waals surface area contributed by atoms with E-state index in [-0.39, 0.29) is 0 Å². The third-order valence-electron chi connectivity index (χ3n) is 3.45. The summed E-state index contributed by atoms with van der Waals surface area (Å²) < 4.78 is 0. The Morgan fingerprint density at radius 1 is 1.18 bits per heavy atom. The molecule has 1 aliphatic heterocycles. The highest BCUT2D eigenvalue weighted by molar-refractivity contribution is 5.70. The predicted molar refractivity (Wildman–Crippen MR) is 74.2 cm³/mol. The summed E-state index contributed by atoms with van der Waals surface area (Å²) in [6.07, 6.45) is 1.19. The number of likely N-dealkylation sites (N-methyl/N-ethyl adjacent to an activating group) is 1. The molecule has 4 N–H and O–H groups in total. The van der Waals surface area contributed by atoms with Crippen LogP contribution in [0, 0.1) is 0 Å². The Bertz CT molecular complexity index is 391. The van der Waals surface area contributed by atoms with Crippen molar-refractivity contribution in [2.75, 3.05) is 43.0 Å². The molecule has 1 aromatic rings. The number of nitrogens with two attached hydrogens (primary N) is 2. The minimum absolute atomic E-state index is 0.505. The van der Waals surface area contributed by atoms with Crippen molar-refractivity contribution in [1.29, 1.82) is 0 Å². The Labute approximate surface area is 103 Å². The largest absolute Gasteiger partial charge is 0.397 e. The Hall–Kier alpha value is -1.42. The van der Waals surface area contributed by atoms with Crippen molar-refractivity contribution in [3.8, 4) is 0 Å². The van der Waals surface area contributed by atoms with Gasteiger partial charge in [0.15, 0.2) is 0 Å². The smallest absolute Gasteiger partial charge is 0.0568 e. The SMILES string of the molecule is CC1CN(C)CCCN1c1ccc(N)c(N)c1. The molecule has 0 aromatic heterocycles. The second kappa shape index (κ2) is 4.84. The fourth-order valence-corrected chi connectivity index (χ4v) is 2.50. The maximum atomic E-state index is 5.88. The van der Waals surface area contributed by atoms with Gasteiger partial charge in [-0.05, 0) is 45.1 Å². The van der Waals surface area contributed by atoms with E-state index in [1.54, 1.807) is 0 Å². The average molecular weight is 234 g/mol. The van der Waals surface area contributed by atoms with Crippen LogP contribution in [0.1, 0.15) is 13.3 Å². The summed E-state index contributed by atoms with van der Waals surface area (Å²) in [6, 6.07) is 6.45. The molecule has 1 fully saturated rings. The Balaban J connectivity index is 2.22. The number of hydrogen-bond acceptors (Lipinski definition) is 4. The van der Waals surface area contributed by atoms with Gasteiger partial charge in [-0.15, -0.1) is 0 Å². The van der Waals surface area contributed by atoms with Crippen LogP contribution >= 0.6 is 0 Å². The summed E-state index contributed by atoms with van der Waals surface area (Å²) in [5, 5.41) is 0. The molecule has 17 heavy (non-hydrogen) atoms. The van der Waals surface area contributed by atoms with Gasteiger partial charge in [-0.1, -0.05) is 0 Å². The van der Waals surface area contributed by atoms with Crippen LogP contribution in [0.3, 0.4) is 0 Å². The quantitative estimate of drug-likeness (QED) is 0.721. The first kappa shape index (κ1) is 12.0. The summed E-state index contributed by atoms with van der Waals surface area (Å²) in [5.41, 5.74) is 14.1. The van der Waals surface area contributed by atoms with Gasteiger partial charge >= 0.3 is 0 Å². The normalized spacial score (nSPS) is 22.5. The third kappa shape index (κ3) is 2.64. The highest BCUT2D eigenvalue weighted by Gasteiger charge is 2.20. The summed E-state index contributed by atoms with van der Waals surface area (Å²) >= 11 is 0. The van der Waals surface area contributed by atoms with Crippen molar-refractivity contribution >= 4 is 17.1 Å². The lowest BCUT2D eigenvalue weighted by atomic mass is 10.2. The fraction of sp³-hybridized carbons (Fsp3) is 0.538. The molecule has 2 rings (SSSR count). The maximum absolute atomic E-state index is 5.88. The van der Waals surface area contributed by atoms with E-state index in [1.807, 2.05) is 12.1 Å². The summed E-state index contributed by atoms with van der Waals surface area (Å²) in [4.78, 5) is 4.80. The number of nitrogen functional groups attached to an aromatic ring is 2. The standard InChI is InChI=1S/C13H22N4/c1-10-9-16(2)6-3-7-17(10)11-4-5-12(14)13(15)8-11/h4-5,8,10H,3,6-7,9,14-15H2,1-2H3. The van der Waals surface area contributed by atoms with Crippen molar-refractivity contribution in [3.63, 3.8) is 0 Å². The minimum atomic E-state index is 0.505. The number of benzene rings is 1. The first-order chi connectivity index (χ1) is 8.08. The van der Waals surface area contributed by atoms with Crippen LogP contribution in [0.15, 0.2) is 18.2 Å². The van der Waals surface area contributed by atoms with Crippen LogP contribution in [0.5, 0.6) is 0 Å². The zero-order chi connectivity index (χ0) is 12.4. The Morgan fingerprint density at radius 2 is 1.94 bits per heavy atom. The second-order valence-electron chi connectivity index (χ2n) is 4.97. The molecule has 4 nitrogen and oxygen atoms in total. The predicted octanol–water partition coefficient (Wildman–Crippen LogP) is 1.38. The molecule has 94 valence electrons. The number of hydrogen-bond donors (Lipinski definition) is 2. The van der Waals surface area contributed by atoms with Gasteiger partial charge in [0, 0.05) is 24.8 Å². The molecule has 4 heteroatoms. The van der Waals surface area contributed by atoms with Crippen LogP contribution in [0.4, 0.5) is 17.1 Å². The van der Waals surface area contributed by atoms with Crippen molar-refractivity contribution in [3.05, 3.63) is 18.2 Å². The van der Waals surface area contributed by atoms with Crippen LogP contribution in [-0.2, 0) is 0 Å². The first-order valence-electron chi connectivity index (χ1n) is 6.18. The second-order valence-corrected chi connectivity index (χ2v) is 4.97. The van der Waals surface area contributed by atoms with E-state index in [1.165, 1.54) is 12.1 Å². The lowest BCUT2D eigenvalue weighted by molar-refractivity contribution is 0.337. The van der Waals surface area contributed by atoms with Crippen LogP contribution < -0.4 is 16.4 Å². The lowest BCUT2D eigenvalue weighted by Crippen LogP contribution is -2.37. The van der Waals surface area contributed by atoms with Gasteiger partial charge in [0.25, 0.3) is 0 Å². The van der Waals surface area contributed by atoms with E-state index >= 15 is 0 Å². The summed E-state index contributed by atoms with van der Waals surface area (Å²) in [6.45, 7) is 5.58. The van der Waals surface area contributed by atoms with Crippen molar-refractivity contribution in [2.45, 2.75) is 19.4 Å². The molecule has 0 bridgehead atoms. The van der Waals surface area contributed by atoms with Gasteiger partial charge in [0.2, 0.25) is 0 Å². The third-order valence-corrected chi connectivity index (χ3v) is 3.45. The minimum Gasteiger partial charge on any atom is -0.397 e. The topological polar surface area (TPSA) is 58.5 Å². The molecule has 0 spiro atoms. The average Bonchev–Trinajstić information content (AvgIpc) is 2.43. The summed E-state index contributed by atoms with van der Waals surface area (Å²) in [7, 11) is 2.18. The molecule has 1 aromatic carbocycles. The van der Waals surface area contributed by atoms with Crippen LogP contribution in [0.2, 0.25) is 0 Å². The maximum Gasteiger partial charge on any atom is 0.0568 e. The first-order valence-corrected chi connectivity index (χ1v) is 6.18. The number of rotatable bonds is 1. The van der Waals surface area contributed by atoms with Gasteiger partial charge in [-0.25, -0.2) is 0 Å². The zero-order valence-corrected chi connectivity index (χ0v) is 10.7. The molecule has 0 saturated carbocycles. The van der Waals surface area contributed by atoms with E-state index < -0.39 is 0 Å². The van der Waals surface area contributed by atoms with Crippen LogP contribution in [-0.4, -0.2) is 37.6 Å². The molecule has 1 saturated heterocycles. The van der Waals surface area contributed by atoms with Crippen molar-refractivity contribution < 1.29 is 0 Å². The zero-order valence-electron chi connectivity index (χ0n) is 10.7. The number of anilines is 3. The van der Waals surface area contributed by atoms with Gasteiger partial charge < -0.3 is 21.3 Å². The van der Waals surface area contributed by atoms with E-state index in [9.17, 15) is 0 Å². The molecule has 1 unspecified atom stereocenters. The van der Waals surface area contributed by atoms with Gasteiger partial charge in [-0.2, -0.15) is 0 Å². The monoisotopic (exact) mass is 234 g/mol. The molecule has 1 aliphatic rings.